The van der Waals surface area contributed by atoms with Crippen molar-refractivity contribution in [1.82, 2.24) is 10.2 Å². The SMILES string of the molecule is CCCCN1CC(C(=O)NCc2ccccc2)CC1=O. The lowest BCUT2D eigenvalue weighted by Crippen LogP contribution is -2.32. The molecule has 1 fully saturated rings. The number of amides is 2. The molecule has 0 bridgehead atoms. The fourth-order valence-corrected chi connectivity index (χ4v) is 2.44. The minimum atomic E-state index is -0.192. The second-order valence-corrected chi connectivity index (χ2v) is 5.30. The molecule has 1 aliphatic rings. The van der Waals surface area contributed by atoms with Crippen molar-refractivity contribution >= 4 is 11.8 Å². The molecule has 1 unspecified atom stereocenters. The number of carbonyl (C=O) groups is 2. The van der Waals surface area contributed by atoms with Gasteiger partial charge in [-0.05, 0) is 12.0 Å². The van der Waals surface area contributed by atoms with Crippen molar-refractivity contribution in [3.8, 4) is 0 Å². The number of unbranched alkanes of at least 4 members (excludes halogenated alkanes) is 1. The van der Waals surface area contributed by atoms with Crippen molar-refractivity contribution in [3.05, 3.63) is 35.9 Å². The number of nitrogens with one attached hydrogen (secondary N) is 1. The molecular weight excluding hydrogens is 252 g/mol. The standard InChI is InChI=1S/C16H22N2O2/c1-2-3-9-18-12-14(10-15(18)19)16(20)17-11-13-7-5-4-6-8-13/h4-8,14H,2-3,9-12H2,1H3,(H,17,20). The molecule has 1 atom stereocenters. The Hall–Kier alpha value is -1.84. The van der Waals surface area contributed by atoms with Crippen molar-refractivity contribution in [1.29, 1.82) is 0 Å². The van der Waals surface area contributed by atoms with Gasteiger partial charge in [0.25, 0.3) is 0 Å². The molecule has 0 saturated carbocycles. The Morgan fingerprint density at radius 2 is 2.10 bits per heavy atom. The Labute approximate surface area is 120 Å². The minimum Gasteiger partial charge on any atom is -0.352 e. The van der Waals surface area contributed by atoms with Gasteiger partial charge < -0.3 is 10.2 Å². The third-order valence-electron chi connectivity index (χ3n) is 3.68. The van der Waals surface area contributed by atoms with Gasteiger partial charge in [-0.2, -0.15) is 0 Å². The summed E-state index contributed by atoms with van der Waals surface area (Å²) in [4.78, 5) is 25.7. The number of benzene rings is 1. The van der Waals surface area contributed by atoms with Crippen LogP contribution < -0.4 is 5.32 Å². The molecule has 2 amide bonds. The maximum Gasteiger partial charge on any atom is 0.225 e. The van der Waals surface area contributed by atoms with Crippen molar-refractivity contribution in [2.75, 3.05) is 13.1 Å². The highest BCUT2D eigenvalue weighted by Gasteiger charge is 2.33. The van der Waals surface area contributed by atoms with Gasteiger partial charge >= 0.3 is 0 Å². The van der Waals surface area contributed by atoms with Crippen molar-refractivity contribution < 1.29 is 9.59 Å². The third kappa shape index (κ3) is 3.83. The highest BCUT2D eigenvalue weighted by molar-refractivity contribution is 5.89. The summed E-state index contributed by atoms with van der Waals surface area (Å²) in [5, 5.41) is 2.92. The number of hydrogen-bond donors (Lipinski definition) is 1. The zero-order valence-corrected chi connectivity index (χ0v) is 12.0. The van der Waals surface area contributed by atoms with Crippen LogP contribution >= 0.6 is 0 Å². The van der Waals surface area contributed by atoms with Gasteiger partial charge in [0.2, 0.25) is 11.8 Å². The molecule has 1 N–H and O–H groups in total. The lowest BCUT2D eigenvalue weighted by molar-refractivity contribution is -0.129. The second-order valence-electron chi connectivity index (χ2n) is 5.30. The summed E-state index contributed by atoms with van der Waals surface area (Å²) in [5.41, 5.74) is 1.08. The number of rotatable bonds is 6. The van der Waals surface area contributed by atoms with E-state index in [2.05, 4.69) is 12.2 Å². The molecule has 20 heavy (non-hydrogen) atoms. The van der Waals surface area contributed by atoms with E-state index in [4.69, 9.17) is 0 Å². The molecule has 0 aromatic heterocycles. The average molecular weight is 274 g/mol. The molecule has 108 valence electrons. The predicted octanol–water partition coefficient (Wildman–Crippen LogP) is 1.95. The van der Waals surface area contributed by atoms with E-state index >= 15 is 0 Å². The summed E-state index contributed by atoms with van der Waals surface area (Å²) in [7, 11) is 0. The first-order valence-electron chi connectivity index (χ1n) is 7.30. The van der Waals surface area contributed by atoms with E-state index in [0.717, 1.165) is 24.9 Å². The number of carbonyl (C=O) groups excluding carboxylic acids is 2. The fourth-order valence-electron chi connectivity index (χ4n) is 2.44. The first kappa shape index (κ1) is 14.6. The number of hydrogen-bond acceptors (Lipinski definition) is 2. The molecule has 0 radical (unpaired) electrons. The predicted molar refractivity (Wildman–Crippen MR) is 77.9 cm³/mol. The molecule has 1 aliphatic heterocycles. The summed E-state index contributed by atoms with van der Waals surface area (Å²) in [6.45, 7) is 3.97. The van der Waals surface area contributed by atoms with Gasteiger partial charge in [0.15, 0.2) is 0 Å². The Bertz CT molecular complexity index is 459. The monoisotopic (exact) mass is 274 g/mol. The maximum absolute atomic E-state index is 12.1. The van der Waals surface area contributed by atoms with Crippen LogP contribution in [0.15, 0.2) is 30.3 Å². The molecule has 4 heteroatoms. The van der Waals surface area contributed by atoms with Gasteiger partial charge in [0, 0.05) is 26.1 Å². The van der Waals surface area contributed by atoms with Gasteiger partial charge in [-0.1, -0.05) is 43.7 Å². The molecular formula is C16H22N2O2. The fraction of sp³-hybridized carbons (Fsp3) is 0.500. The van der Waals surface area contributed by atoms with Crippen LogP contribution in [0.3, 0.4) is 0 Å². The Balaban J connectivity index is 1.80. The van der Waals surface area contributed by atoms with Gasteiger partial charge in [-0.25, -0.2) is 0 Å². The van der Waals surface area contributed by atoms with Crippen molar-refractivity contribution in [2.45, 2.75) is 32.7 Å². The summed E-state index contributed by atoms with van der Waals surface area (Å²) in [6, 6.07) is 9.81. The molecule has 1 aromatic carbocycles. The van der Waals surface area contributed by atoms with Crippen molar-refractivity contribution in [2.24, 2.45) is 5.92 Å². The van der Waals surface area contributed by atoms with Crippen molar-refractivity contribution in [3.63, 3.8) is 0 Å². The number of nitrogens with zero attached hydrogens (tertiary/aromatic N) is 1. The zero-order chi connectivity index (χ0) is 14.4. The number of likely N-dealkylation sites (tertiary alicyclic amines) is 1. The molecule has 1 heterocycles. The quantitative estimate of drug-likeness (QED) is 0.862. The summed E-state index contributed by atoms with van der Waals surface area (Å²) in [5.74, 6) is -0.0948. The van der Waals surface area contributed by atoms with Crippen LogP contribution in [0.4, 0.5) is 0 Å². The normalized spacial score (nSPS) is 18.4. The van der Waals surface area contributed by atoms with Crippen LogP contribution in [0.1, 0.15) is 31.7 Å². The topological polar surface area (TPSA) is 49.4 Å². The summed E-state index contributed by atoms with van der Waals surface area (Å²) >= 11 is 0. The Kier molecular flexibility index (Phi) is 5.16. The van der Waals surface area contributed by atoms with Gasteiger partial charge in [0.05, 0.1) is 5.92 Å². The highest BCUT2D eigenvalue weighted by atomic mass is 16.2. The van der Waals surface area contributed by atoms with Gasteiger partial charge in [0.1, 0.15) is 0 Å². The van der Waals surface area contributed by atoms with E-state index < -0.39 is 0 Å². The highest BCUT2D eigenvalue weighted by Crippen LogP contribution is 2.18. The van der Waals surface area contributed by atoms with E-state index in [-0.39, 0.29) is 17.7 Å². The van der Waals surface area contributed by atoms with E-state index in [1.807, 2.05) is 35.2 Å². The lowest BCUT2D eigenvalue weighted by Gasteiger charge is -2.15. The third-order valence-corrected chi connectivity index (χ3v) is 3.68. The van der Waals surface area contributed by atoms with E-state index in [9.17, 15) is 9.59 Å². The molecule has 0 aliphatic carbocycles. The van der Waals surface area contributed by atoms with Gasteiger partial charge in [-0.3, -0.25) is 9.59 Å². The first-order chi connectivity index (χ1) is 9.70. The zero-order valence-electron chi connectivity index (χ0n) is 12.0. The summed E-state index contributed by atoms with van der Waals surface area (Å²) in [6.07, 6.45) is 2.42. The minimum absolute atomic E-state index is 0.0128. The maximum atomic E-state index is 12.1. The molecule has 1 saturated heterocycles. The Morgan fingerprint density at radius 3 is 2.80 bits per heavy atom. The van der Waals surface area contributed by atoms with E-state index in [1.165, 1.54) is 0 Å². The van der Waals surface area contributed by atoms with Crippen LogP contribution in [0.2, 0.25) is 0 Å². The van der Waals surface area contributed by atoms with Crippen LogP contribution in [0.5, 0.6) is 0 Å². The van der Waals surface area contributed by atoms with E-state index in [0.29, 0.717) is 19.5 Å². The van der Waals surface area contributed by atoms with Crippen LogP contribution in [-0.2, 0) is 16.1 Å². The Morgan fingerprint density at radius 1 is 1.35 bits per heavy atom. The smallest absolute Gasteiger partial charge is 0.225 e. The molecule has 1 aromatic rings. The largest absolute Gasteiger partial charge is 0.352 e. The van der Waals surface area contributed by atoms with Crippen LogP contribution in [0.25, 0.3) is 0 Å². The molecule has 4 nitrogen and oxygen atoms in total. The molecule has 0 spiro atoms. The van der Waals surface area contributed by atoms with Crippen LogP contribution in [-0.4, -0.2) is 29.8 Å². The summed E-state index contributed by atoms with van der Waals surface area (Å²) < 4.78 is 0. The first-order valence-corrected chi connectivity index (χ1v) is 7.30. The van der Waals surface area contributed by atoms with Gasteiger partial charge in [-0.15, -0.1) is 0 Å². The van der Waals surface area contributed by atoms with Crippen LogP contribution in [0, 0.1) is 5.92 Å². The average Bonchev–Trinajstić information content (AvgIpc) is 2.85. The van der Waals surface area contributed by atoms with E-state index in [1.54, 1.807) is 0 Å². The second kappa shape index (κ2) is 7.08. The lowest BCUT2D eigenvalue weighted by atomic mass is 10.1. The molecule has 2 rings (SSSR count).